The summed E-state index contributed by atoms with van der Waals surface area (Å²) in [6.45, 7) is 6.84. The van der Waals surface area contributed by atoms with Gasteiger partial charge in [-0.2, -0.15) is 13.2 Å². The molecule has 1 unspecified atom stereocenters. The van der Waals surface area contributed by atoms with Gasteiger partial charge in [-0.3, -0.25) is 9.69 Å². The normalized spacial score (nSPS) is 22.9. The molecule has 2 fully saturated rings. The van der Waals surface area contributed by atoms with E-state index in [4.69, 9.17) is 14.6 Å². The van der Waals surface area contributed by atoms with Crippen LogP contribution >= 0.6 is 0 Å². The number of fused-ring (bicyclic) bond motifs is 1. The first-order chi connectivity index (χ1) is 13.7. The lowest BCUT2D eigenvalue weighted by Gasteiger charge is -2.43. The third kappa shape index (κ3) is 4.89. The number of imidazole rings is 1. The zero-order chi connectivity index (χ0) is 21.2. The average molecular weight is 418 g/mol. The third-order valence-corrected chi connectivity index (χ3v) is 5.58. The smallest absolute Gasteiger partial charge is 0.475 e. The topological polar surface area (TPSA) is 87.9 Å². The van der Waals surface area contributed by atoms with Gasteiger partial charge in [0, 0.05) is 38.4 Å². The van der Waals surface area contributed by atoms with E-state index < -0.39 is 12.1 Å². The van der Waals surface area contributed by atoms with Crippen molar-refractivity contribution in [1.82, 2.24) is 19.4 Å². The summed E-state index contributed by atoms with van der Waals surface area (Å²) in [6, 6.07) is 1.03. The first-order valence-electron chi connectivity index (χ1n) is 9.68. The van der Waals surface area contributed by atoms with E-state index in [-0.39, 0.29) is 5.91 Å². The first-order valence-corrected chi connectivity index (χ1v) is 9.68. The number of morpholine rings is 1. The van der Waals surface area contributed by atoms with Crippen molar-refractivity contribution >= 4 is 11.9 Å². The summed E-state index contributed by atoms with van der Waals surface area (Å²) in [7, 11) is 0. The monoisotopic (exact) mass is 418 g/mol. The van der Waals surface area contributed by atoms with Crippen LogP contribution < -0.4 is 0 Å². The van der Waals surface area contributed by atoms with Gasteiger partial charge < -0.3 is 19.3 Å². The summed E-state index contributed by atoms with van der Waals surface area (Å²) < 4.78 is 39.2. The molecule has 1 aromatic heterocycles. The van der Waals surface area contributed by atoms with Crippen molar-refractivity contribution < 1.29 is 32.6 Å². The summed E-state index contributed by atoms with van der Waals surface area (Å²) in [5.74, 6) is -1.66. The number of aromatic nitrogens is 2. The van der Waals surface area contributed by atoms with E-state index >= 15 is 0 Å². The zero-order valence-electron chi connectivity index (χ0n) is 16.2. The molecule has 11 heteroatoms. The molecule has 162 valence electrons. The van der Waals surface area contributed by atoms with Crippen molar-refractivity contribution in [3.8, 4) is 0 Å². The second-order valence-corrected chi connectivity index (χ2v) is 7.38. The molecule has 1 saturated carbocycles. The number of alkyl halides is 3. The molecular weight excluding hydrogens is 393 g/mol. The van der Waals surface area contributed by atoms with E-state index in [1.54, 1.807) is 0 Å². The summed E-state index contributed by atoms with van der Waals surface area (Å²) >= 11 is 0. The van der Waals surface area contributed by atoms with Crippen LogP contribution in [0.25, 0.3) is 0 Å². The number of nitrogens with zero attached hydrogens (tertiary/aromatic N) is 4. The van der Waals surface area contributed by atoms with Crippen LogP contribution in [0.15, 0.2) is 6.20 Å². The summed E-state index contributed by atoms with van der Waals surface area (Å²) in [6.07, 6.45) is 0.833. The van der Waals surface area contributed by atoms with Gasteiger partial charge in [0.2, 0.25) is 0 Å². The Morgan fingerprint density at radius 2 is 1.79 bits per heavy atom. The van der Waals surface area contributed by atoms with Crippen LogP contribution in [0.1, 0.15) is 48.5 Å². The average Bonchev–Trinajstić information content (AvgIpc) is 3.07. The van der Waals surface area contributed by atoms with E-state index in [0.29, 0.717) is 38.0 Å². The van der Waals surface area contributed by atoms with Crippen molar-refractivity contribution in [2.45, 2.75) is 51.0 Å². The lowest BCUT2D eigenvalue weighted by atomic mass is 9.90. The number of carboxylic acids is 1. The fourth-order valence-electron chi connectivity index (χ4n) is 3.76. The molecule has 4 rings (SSSR count). The van der Waals surface area contributed by atoms with Gasteiger partial charge in [0.25, 0.3) is 5.91 Å². The van der Waals surface area contributed by atoms with Crippen LogP contribution in [0.4, 0.5) is 13.2 Å². The van der Waals surface area contributed by atoms with E-state index in [9.17, 15) is 18.0 Å². The van der Waals surface area contributed by atoms with Crippen LogP contribution in [-0.2, 0) is 16.1 Å². The van der Waals surface area contributed by atoms with Crippen LogP contribution in [0.5, 0.6) is 0 Å². The molecule has 3 aliphatic rings. The van der Waals surface area contributed by atoms with Gasteiger partial charge in [-0.05, 0) is 19.8 Å². The maximum absolute atomic E-state index is 12.6. The fraction of sp³-hybridized carbons (Fsp3) is 0.722. The molecule has 8 nitrogen and oxygen atoms in total. The number of carbonyl (C=O) groups is 2. The maximum Gasteiger partial charge on any atom is 0.490 e. The molecule has 29 heavy (non-hydrogen) atoms. The predicted octanol–water partition coefficient (Wildman–Crippen LogP) is 1.92. The Hall–Kier alpha value is -2.14. The number of carbonyl (C=O) groups excluding carboxylic acids is 1. The van der Waals surface area contributed by atoms with Gasteiger partial charge in [0.15, 0.2) is 0 Å². The number of hydrogen-bond donors (Lipinski definition) is 1. The zero-order valence-corrected chi connectivity index (χ0v) is 16.2. The second kappa shape index (κ2) is 8.70. The Kier molecular flexibility index (Phi) is 6.47. The number of rotatable bonds is 2. The van der Waals surface area contributed by atoms with Crippen LogP contribution in [-0.4, -0.2) is 81.4 Å². The lowest BCUT2D eigenvalue weighted by Crippen LogP contribution is -2.46. The highest BCUT2D eigenvalue weighted by Crippen LogP contribution is 2.34. The minimum atomic E-state index is -5.08. The number of carboxylic acid groups (broad SMARTS) is 1. The fourth-order valence-corrected chi connectivity index (χ4v) is 3.76. The quantitative estimate of drug-likeness (QED) is 0.790. The Morgan fingerprint density at radius 1 is 1.17 bits per heavy atom. The van der Waals surface area contributed by atoms with Crippen LogP contribution in [0.2, 0.25) is 0 Å². The molecular formula is C18H25F3N4O4. The highest BCUT2D eigenvalue weighted by atomic mass is 19.4. The summed E-state index contributed by atoms with van der Waals surface area (Å²) in [5.41, 5.74) is 0.596. The summed E-state index contributed by atoms with van der Waals surface area (Å²) in [5, 5.41) is 7.12. The van der Waals surface area contributed by atoms with E-state index in [1.165, 1.54) is 19.3 Å². The molecule has 0 aromatic carbocycles. The van der Waals surface area contributed by atoms with Crippen molar-refractivity contribution in [2.24, 2.45) is 0 Å². The summed E-state index contributed by atoms with van der Waals surface area (Å²) in [4.78, 5) is 30.6. The molecule has 1 aromatic rings. The highest BCUT2D eigenvalue weighted by Gasteiger charge is 2.38. The molecule has 1 aliphatic carbocycles. The number of halogens is 3. The number of aliphatic carboxylic acids is 1. The Morgan fingerprint density at radius 3 is 2.31 bits per heavy atom. The van der Waals surface area contributed by atoms with E-state index in [1.807, 2.05) is 11.1 Å². The number of ether oxygens (including phenoxy) is 1. The van der Waals surface area contributed by atoms with Crippen LogP contribution in [0, 0.1) is 0 Å². The Bertz CT molecular complexity index is 742. The predicted molar refractivity (Wildman–Crippen MR) is 95.4 cm³/mol. The molecule has 0 bridgehead atoms. The van der Waals surface area contributed by atoms with Gasteiger partial charge in [0.05, 0.1) is 19.3 Å². The molecule has 1 saturated heterocycles. The molecule has 0 radical (unpaired) electrons. The SMILES string of the molecule is CC1c2nc(C(=O)N3CCOCC3)cn2CCN1C1CCC1.O=C(O)C(F)(F)F. The van der Waals surface area contributed by atoms with Crippen molar-refractivity contribution in [3.63, 3.8) is 0 Å². The third-order valence-electron chi connectivity index (χ3n) is 5.58. The maximum atomic E-state index is 12.6. The van der Waals surface area contributed by atoms with Crippen molar-refractivity contribution in [1.29, 1.82) is 0 Å². The number of hydrogen-bond acceptors (Lipinski definition) is 5. The Balaban J connectivity index is 0.000000298. The minimum Gasteiger partial charge on any atom is -0.475 e. The van der Waals surface area contributed by atoms with Crippen LogP contribution in [0.3, 0.4) is 0 Å². The largest absolute Gasteiger partial charge is 0.490 e. The molecule has 1 atom stereocenters. The first kappa shape index (κ1) is 21.6. The Labute approximate surface area is 166 Å². The molecule has 0 spiro atoms. The second-order valence-electron chi connectivity index (χ2n) is 7.38. The standard InChI is InChI=1S/C16H24N4O2.C2HF3O2/c1-12-15-17-14(16(21)18-7-9-22-10-8-18)11-19(15)5-6-20(12)13-3-2-4-13;3-2(4,5)1(6)7/h11-13H,2-10H2,1H3;(H,6,7). The molecule has 2 aliphatic heterocycles. The van der Waals surface area contributed by atoms with Gasteiger partial charge in [-0.1, -0.05) is 6.42 Å². The van der Waals surface area contributed by atoms with E-state index in [0.717, 1.165) is 25.0 Å². The van der Waals surface area contributed by atoms with Gasteiger partial charge in [-0.25, -0.2) is 9.78 Å². The van der Waals surface area contributed by atoms with E-state index in [2.05, 4.69) is 21.4 Å². The highest BCUT2D eigenvalue weighted by molar-refractivity contribution is 5.92. The van der Waals surface area contributed by atoms with Gasteiger partial charge in [-0.15, -0.1) is 0 Å². The molecule has 3 heterocycles. The minimum absolute atomic E-state index is 0.0487. The van der Waals surface area contributed by atoms with Crippen molar-refractivity contribution in [3.05, 3.63) is 17.7 Å². The van der Waals surface area contributed by atoms with Gasteiger partial charge >= 0.3 is 12.1 Å². The van der Waals surface area contributed by atoms with Crippen molar-refractivity contribution in [2.75, 3.05) is 32.8 Å². The molecule has 1 amide bonds. The molecule has 1 N–H and O–H groups in total. The van der Waals surface area contributed by atoms with Gasteiger partial charge in [0.1, 0.15) is 11.5 Å². The lowest BCUT2D eigenvalue weighted by molar-refractivity contribution is -0.192. The number of amides is 1.